The van der Waals surface area contributed by atoms with Gasteiger partial charge in [0.05, 0.1) is 11.5 Å². The summed E-state index contributed by atoms with van der Waals surface area (Å²) in [5.41, 5.74) is 2.58. The van der Waals surface area contributed by atoms with Crippen LogP contribution in [-0.4, -0.2) is 43.8 Å². The van der Waals surface area contributed by atoms with E-state index < -0.39 is 10.0 Å². The summed E-state index contributed by atoms with van der Waals surface area (Å²) in [7, 11) is -3.45. The number of piperazine rings is 1. The Labute approximate surface area is 162 Å². The predicted molar refractivity (Wildman–Crippen MR) is 107 cm³/mol. The maximum atomic E-state index is 12.9. The van der Waals surface area contributed by atoms with E-state index in [0.29, 0.717) is 36.8 Å². The molecule has 2 aromatic carbocycles. The van der Waals surface area contributed by atoms with Crippen LogP contribution in [0.2, 0.25) is 0 Å². The highest BCUT2D eigenvalue weighted by Crippen LogP contribution is 2.31. The van der Waals surface area contributed by atoms with E-state index >= 15 is 0 Å². The Kier molecular flexibility index (Phi) is 5.38. The van der Waals surface area contributed by atoms with E-state index in [4.69, 9.17) is 6.57 Å². The van der Waals surface area contributed by atoms with Crippen molar-refractivity contribution in [1.29, 1.82) is 0 Å². The van der Waals surface area contributed by atoms with Crippen molar-refractivity contribution in [3.8, 4) is 0 Å². The second-order valence-corrected chi connectivity index (χ2v) is 9.36. The minimum absolute atomic E-state index is 0.222. The van der Waals surface area contributed by atoms with Crippen LogP contribution < -0.4 is 0 Å². The molecule has 0 N–H and O–H groups in total. The van der Waals surface area contributed by atoms with Gasteiger partial charge >= 0.3 is 0 Å². The second kappa shape index (κ2) is 7.43. The van der Waals surface area contributed by atoms with Crippen molar-refractivity contribution in [2.75, 3.05) is 26.2 Å². The highest BCUT2D eigenvalue weighted by molar-refractivity contribution is 7.89. The summed E-state index contributed by atoms with van der Waals surface area (Å²) in [5, 5.41) is 0. The Morgan fingerprint density at radius 1 is 0.926 bits per heavy atom. The largest absolute Gasteiger partial charge is 0.292 e. The summed E-state index contributed by atoms with van der Waals surface area (Å²) in [6.45, 7) is 15.6. The molecule has 5 nitrogen and oxygen atoms in total. The third kappa shape index (κ3) is 3.91. The van der Waals surface area contributed by atoms with Gasteiger partial charge in [0.1, 0.15) is 0 Å². The Morgan fingerprint density at radius 3 is 2.00 bits per heavy atom. The summed E-state index contributed by atoms with van der Waals surface area (Å²) in [6, 6.07) is 14.7. The number of aryl methyl sites for hydroxylation is 1. The van der Waals surface area contributed by atoms with Crippen molar-refractivity contribution < 1.29 is 8.42 Å². The maximum absolute atomic E-state index is 12.9. The van der Waals surface area contributed by atoms with Crippen LogP contribution in [0.4, 0.5) is 5.69 Å². The van der Waals surface area contributed by atoms with Gasteiger partial charge in [-0.3, -0.25) is 4.90 Å². The van der Waals surface area contributed by atoms with Gasteiger partial charge in [-0.15, -0.1) is 0 Å². The van der Waals surface area contributed by atoms with Gasteiger partial charge in [-0.2, -0.15) is 4.31 Å². The van der Waals surface area contributed by atoms with Crippen molar-refractivity contribution in [3.63, 3.8) is 0 Å². The van der Waals surface area contributed by atoms with E-state index in [-0.39, 0.29) is 5.54 Å². The molecule has 0 radical (unpaired) electrons. The fourth-order valence-corrected chi connectivity index (χ4v) is 4.90. The van der Waals surface area contributed by atoms with Crippen LogP contribution in [0.15, 0.2) is 53.4 Å². The Balaban J connectivity index is 1.72. The number of benzene rings is 2. The molecule has 1 aliphatic heterocycles. The predicted octanol–water partition coefficient (Wildman–Crippen LogP) is 3.79. The minimum atomic E-state index is -3.45. The molecular weight excluding hydrogens is 358 g/mol. The zero-order chi connectivity index (χ0) is 19.7. The van der Waals surface area contributed by atoms with Crippen LogP contribution in [0.1, 0.15) is 25.0 Å². The first-order valence-electron chi connectivity index (χ1n) is 9.05. The van der Waals surface area contributed by atoms with Crippen LogP contribution in [0.5, 0.6) is 0 Å². The van der Waals surface area contributed by atoms with Crippen molar-refractivity contribution in [1.82, 2.24) is 9.21 Å². The van der Waals surface area contributed by atoms with Gasteiger partial charge in [-0.25, -0.2) is 13.3 Å². The number of nitrogens with zero attached hydrogens (tertiary/aromatic N) is 3. The highest BCUT2D eigenvalue weighted by Gasteiger charge is 2.35. The zero-order valence-corrected chi connectivity index (χ0v) is 16.8. The smallest absolute Gasteiger partial charge is 0.243 e. The molecule has 0 bridgehead atoms. The molecule has 1 aliphatic rings. The molecule has 27 heavy (non-hydrogen) atoms. The topological polar surface area (TPSA) is 45.0 Å². The molecule has 1 heterocycles. The van der Waals surface area contributed by atoms with Crippen LogP contribution in [-0.2, 0) is 15.6 Å². The fourth-order valence-electron chi connectivity index (χ4n) is 3.47. The quantitative estimate of drug-likeness (QED) is 0.755. The Morgan fingerprint density at radius 2 is 1.48 bits per heavy atom. The lowest BCUT2D eigenvalue weighted by Crippen LogP contribution is -2.54. The molecular formula is C21H25N3O2S. The van der Waals surface area contributed by atoms with Gasteiger partial charge < -0.3 is 0 Å². The van der Waals surface area contributed by atoms with E-state index in [9.17, 15) is 8.42 Å². The van der Waals surface area contributed by atoms with E-state index in [0.717, 1.165) is 11.1 Å². The molecule has 1 fully saturated rings. The van der Waals surface area contributed by atoms with Gasteiger partial charge in [0.25, 0.3) is 0 Å². The number of hydrogen-bond donors (Lipinski definition) is 0. The molecule has 0 aromatic heterocycles. The summed E-state index contributed by atoms with van der Waals surface area (Å²) in [6.07, 6.45) is 0. The Hall–Kier alpha value is -2.20. The fraction of sp³-hybridized carbons (Fsp3) is 0.381. The standard InChI is InChI=1S/C21H25N3O2S/c1-17-5-11-20(12-6-17)27(25,26)24-15-13-23(14-16-24)21(2,3)18-7-9-19(22-4)10-8-18/h5-12H,13-16H2,1-3H3. The van der Waals surface area contributed by atoms with Crippen molar-refractivity contribution in [2.24, 2.45) is 0 Å². The van der Waals surface area contributed by atoms with Crippen LogP contribution in [0.3, 0.4) is 0 Å². The molecule has 0 saturated carbocycles. The Bertz CT molecular complexity index is 934. The first kappa shape index (κ1) is 19.6. The summed E-state index contributed by atoms with van der Waals surface area (Å²) >= 11 is 0. The van der Waals surface area contributed by atoms with Crippen LogP contribution >= 0.6 is 0 Å². The van der Waals surface area contributed by atoms with Gasteiger partial charge in [0.15, 0.2) is 5.69 Å². The van der Waals surface area contributed by atoms with Crippen LogP contribution in [0.25, 0.3) is 4.85 Å². The summed E-state index contributed by atoms with van der Waals surface area (Å²) < 4.78 is 27.3. The molecule has 0 unspecified atom stereocenters. The summed E-state index contributed by atoms with van der Waals surface area (Å²) in [4.78, 5) is 6.10. The third-order valence-electron chi connectivity index (χ3n) is 5.39. The van der Waals surface area contributed by atoms with E-state index in [1.54, 1.807) is 16.4 Å². The van der Waals surface area contributed by atoms with Gasteiger partial charge in [-0.1, -0.05) is 42.0 Å². The lowest BCUT2D eigenvalue weighted by molar-refractivity contribution is 0.0777. The monoisotopic (exact) mass is 383 g/mol. The van der Waals surface area contributed by atoms with Crippen molar-refractivity contribution in [2.45, 2.75) is 31.2 Å². The zero-order valence-electron chi connectivity index (χ0n) is 16.0. The van der Waals surface area contributed by atoms with E-state index in [1.807, 2.05) is 43.3 Å². The molecule has 6 heteroatoms. The lowest BCUT2D eigenvalue weighted by atomic mass is 9.91. The SMILES string of the molecule is [C-]#[N+]c1ccc(C(C)(C)N2CCN(S(=O)(=O)c3ccc(C)cc3)CC2)cc1. The second-order valence-electron chi connectivity index (χ2n) is 7.42. The third-order valence-corrected chi connectivity index (χ3v) is 7.30. The molecule has 0 spiro atoms. The van der Waals surface area contributed by atoms with E-state index in [2.05, 4.69) is 23.6 Å². The summed E-state index contributed by atoms with van der Waals surface area (Å²) in [5.74, 6) is 0. The molecule has 3 rings (SSSR count). The maximum Gasteiger partial charge on any atom is 0.243 e. The van der Waals surface area contributed by atoms with Crippen molar-refractivity contribution >= 4 is 15.7 Å². The van der Waals surface area contributed by atoms with E-state index in [1.165, 1.54) is 0 Å². The average molecular weight is 384 g/mol. The van der Waals surface area contributed by atoms with Gasteiger partial charge in [0, 0.05) is 31.7 Å². The molecule has 0 amide bonds. The average Bonchev–Trinajstić information content (AvgIpc) is 2.68. The normalized spacial score (nSPS) is 16.8. The minimum Gasteiger partial charge on any atom is -0.292 e. The van der Waals surface area contributed by atoms with Gasteiger partial charge in [0.2, 0.25) is 10.0 Å². The van der Waals surface area contributed by atoms with Crippen molar-refractivity contribution in [3.05, 3.63) is 71.1 Å². The highest BCUT2D eigenvalue weighted by atomic mass is 32.2. The number of sulfonamides is 1. The van der Waals surface area contributed by atoms with Gasteiger partial charge in [-0.05, 0) is 38.5 Å². The molecule has 0 aliphatic carbocycles. The number of hydrogen-bond acceptors (Lipinski definition) is 3. The lowest BCUT2D eigenvalue weighted by Gasteiger charge is -2.44. The molecule has 0 atom stereocenters. The molecule has 1 saturated heterocycles. The first-order valence-corrected chi connectivity index (χ1v) is 10.5. The molecule has 2 aromatic rings. The van der Waals surface area contributed by atoms with Crippen LogP contribution in [0, 0.1) is 13.5 Å². The number of rotatable bonds is 4. The molecule has 142 valence electrons. The first-order chi connectivity index (χ1) is 12.7.